The standard InChI is InChI=1S/C13H17F2N3O2/c1-7(9-4-5-10(14)11(15)6-9)17-8(2)12(19)18-13(20)16-3/h4-8,17H,1-3H3,(H2,16,18,19,20)/t7-,8-/m1/s1. The number of carbonyl (C=O) groups excluding carboxylic acids is 2. The largest absolute Gasteiger partial charge is 0.341 e. The number of urea groups is 1. The number of halogens is 2. The van der Waals surface area contributed by atoms with Gasteiger partial charge in [-0.15, -0.1) is 0 Å². The number of nitrogens with one attached hydrogen (secondary N) is 3. The van der Waals surface area contributed by atoms with Crippen LogP contribution in [-0.4, -0.2) is 25.0 Å². The first-order valence-electron chi connectivity index (χ1n) is 6.08. The summed E-state index contributed by atoms with van der Waals surface area (Å²) in [5, 5.41) is 7.27. The van der Waals surface area contributed by atoms with Crippen LogP contribution in [0, 0.1) is 11.6 Å². The van der Waals surface area contributed by atoms with Crippen LogP contribution in [0.4, 0.5) is 13.6 Å². The Kier molecular flexibility index (Phi) is 5.57. The molecule has 0 heterocycles. The predicted octanol–water partition coefficient (Wildman–Crippen LogP) is 1.46. The van der Waals surface area contributed by atoms with Crippen molar-refractivity contribution in [2.24, 2.45) is 0 Å². The summed E-state index contributed by atoms with van der Waals surface area (Å²) < 4.78 is 25.9. The smallest absolute Gasteiger partial charge is 0.321 e. The Morgan fingerprint density at radius 1 is 1.15 bits per heavy atom. The summed E-state index contributed by atoms with van der Waals surface area (Å²) in [5.41, 5.74) is 0.503. The van der Waals surface area contributed by atoms with E-state index in [4.69, 9.17) is 0 Å². The van der Waals surface area contributed by atoms with Gasteiger partial charge in [0.2, 0.25) is 5.91 Å². The van der Waals surface area contributed by atoms with Crippen LogP contribution in [0.2, 0.25) is 0 Å². The van der Waals surface area contributed by atoms with Gasteiger partial charge < -0.3 is 5.32 Å². The minimum absolute atomic E-state index is 0.379. The van der Waals surface area contributed by atoms with Crippen LogP contribution in [0.25, 0.3) is 0 Å². The number of carbonyl (C=O) groups is 2. The molecule has 0 bridgehead atoms. The molecule has 3 N–H and O–H groups in total. The Morgan fingerprint density at radius 3 is 2.35 bits per heavy atom. The lowest BCUT2D eigenvalue weighted by molar-refractivity contribution is -0.121. The van der Waals surface area contributed by atoms with E-state index in [-0.39, 0.29) is 6.04 Å². The van der Waals surface area contributed by atoms with Crippen LogP contribution < -0.4 is 16.0 Å². The van der Waals surface area contributed by atoms with Crippen molar-refractivity contribution >= 4 is 11.9 Å². The molecule has 5 nitrogen and oxygen atoms in total. The first-order chi connectivity index (χ1) is 9.35. The fraction of sp³-hybridized carbons (Fsp3) is 0.385. The first-order valence-corrected chi connectivity index (χ1v) is 6.08. The number of hydrogen-bond acceptors (Lipinski definition) is 3. The third kappa shape index (κ3) is 4.27. The van der Waals surface area contributed by atoms with Gasteiger partial charge in [-0.2, -0.15) is 0 Å². The van der Waals surface area contributed by atoms with Gasteiger partial charge >= 0.3 is 6.03 Å². The maximum atomic E-state index is 13.1. The van der Waals surface area contributed by atoms with Gasteiger partial charge in [-0.3, -0.25) is 15.4 Å². The van der Waals surface area contributed by atoms with Crippen molar-refractivity contribution in [1.82, 2.24) is 16.0 Å². The molecule has 0 fully saturated rings. The van der Waals surface area contributed by atoms with Gasteiger partial charge in [0.25, 0.3) is 0 Å². The molecule has 110 valence electrons. The Labute approximate surface area is 115 Å². The van der Waals surface area contributed by atoms with Crippen molar-refractivity contribution in [1.29, 1.82) is 0 Å². The predicted molar refractivity (Wildman–Crippen MR) is 70.0 cm³/mol. The average Bonchev–Trinajstić information content (AvgIpc) is 2.41. The Morgan fingerprint density at radius 2 is 1.80 bits per heavy atom. The molecule has 0 saturated heterocycles. The first kappa shape index (κ1) is 16.0. The van der Waals surface area contributed by atoms with Crippen LogP contribution in [-0.2, 0) is 4.79 Å². The fourth-order valence-electron chi connectivity index (χ4n) is 1.61. The van der Waals surface area contributed by atoms with E-state index in [2.05, 4.69) is 16.0 Å². The molecular formula is C13H17F2N3O2. The van der Waals surface area contributed by atoms with Crippen LogP contribution in [0.5, 0.6) is 0 Å². The lowest BCUT2D eigenvalue weighted by Crippen LogP contribution is -2.47. The molecule has 0 saturated carbocycles. The molecule has 20 heavy (non-hydrogen) atoms. The van der Waals surface area contributed by atoms with Crippen molar-refractivity contribution in [3.63, 3.8) is 0 Å². The number of imide groups is 1. The van der Waals surface area contributed by atoms with Crippen LogP contribution >= 0.6 is 0 Å². The highest BCUT2D eigenvalue weighted by Gasteiger charge is 2.18. The topological polar surface area (TPSA) is 70.2 Å². The third-order valence-corrected chi connectivity index (χ3v) is 2.80. The molecule has 0 aromatic heterocycles. The molecule has 0 aliphatic rings. The van der Waals surface area contributed by atoms with Crippen molar-refractivity contribution in [3.05, 3.63) is 35.4 Å². The van der Waals surface area contributed by atoms with Crippen LogP contribution in [0.1, 0.15) is 25.5 Å². The van der Waals surface area contributed by atoms with Gasteiger partial charge in [0.15, 0.2) is 11.6 Å². The molecule has 0 aliphatic carbocycles. The number of rotatable bonds is 4. The molecular weight excluding hydrogens is 268 g/mol. The molecule has 3 amide bonds. The van der Waals surface area contributed by atoms with E-state index in [1.54, 1.807) is 13.8 Å². The van der Waals surface area contributed by atoms with Crippen molar-refractivity contribution < 1.29 is 18.4 Å². The average molecular weight is 285 g/mol. The SMILES string of the molecule is CNC(=O)NC(=O)[C@@H](C)N[C@H](C)c1ccc(F)c(F)c1. The van der Waals surface area contributed by atoms with Gasteiger partial charge in [0, 0.05) is 13.1 Å². The minimum Gasteiger partial charge on any atom is -0.341 e. The van der Waals surface area contributed by atoms with Crippen LogP contribution in [0.3, 0.4) is 0 Å². The zero-order valence-corrected chi connectivity index (χ0v) is 11.5. The van der Waals surface area contributed by atoms with Gasteiger partial charge in [0.1, 0.15) is 0 Å². The van der Waals surface area contributed by atoms with E-state index >= 15 is 0 Å². The number of amides is 3. The van der Waals surface area contributed by atoms with Gasteiger partial charge in [-0.05, 0) is 31.5 Å². The molecule has 1 rings (SSSR count). The summed E-state index contributed by atoms with van der Waals surface area (Å²) in [6, 6.07) is 1.86. The zero-order chi connectivity index (χ0) is 15.3. The molecule has 1 aromatic rings. The number of benzene rings is 1. The Balaban J connectivity index is 2.64. The van der Waals surface area contributed by atoms with E-state index in [0.717, 1.165) is 12.1 Å². The summed E-state index contributed by atoms with van der Waals surface area (Å²) in [7, 11) is 1.39. The fourth-order valence-corrected chi connectivity index (χ4v) is 1.61. The maximum absolute atomic E-state index is 13.1. The quantitative estimate of drug-likeness (QED) is 0.784. The summed E-state index contributed by atoms with van der Waals surface area (Å²) in [5.74, 6) is -2.39. The van der Waals surface area contributed by atoms with E-state index in [1.165, 1.54) is 13.1 Å². The van der Waals surface area contributed by atoms with E-state index in [0.29, 0.717) is 5.56 Å². The summed E-state index contributed by atoms with van der Waals surface area (Å²) >= 11 is 0. The second kappa shape index (κ2) is 6.95. The normalized spacial score (nSPS) is 13.4. The molecule has 0 aliphatic heterocycles. The van der Waals surface area contributed by atoms with Crippen LogP contribution in [0.15, 0.2) is 18.2 Å². The second-order valence-corrected chi connectivity index (χ2v) is 4.35. The molecule has 1 aromatic carbocycles. The third-order valence-electron chi connectivity index (χ3n) is 2.80. The monoisotopic (exact) mass is 285 g/mol. The zero-order valence-electron chi connectivity index (χ0n) is 11.5. The van der Waals surface area contributed by atoms with Crippen molar-refractivity contribution in [2.75, 3.05) is 7.05 Å². The minimum atomic E-state index is -0.946. The van der Waals surface area contributed by atoms with Crippen molar-refractivity contribution in [2.45, 2.75) is 25.9 Å². The highest BCUT2D eigenvalue weighted by molar-refractivity contribution is 5.96. The highest BCUT2D eigenvalue weighted by atomic mass is 19.2. The summed E-state index contributed by atoms with van der Waals surface area (Å²) in [4.78, 5) is 22.6. The Bertz CT molecular complexity index is 508. The lowest BCUT2D eigenvalue weighted by Gasteiger charge is -2.19. The van der Waals surface area contributed by atoms with E-state index < -0.39 is 29.6 Å². The Hall–Kier alpha value is -2.02. The van der Waals surface area contributed by atoms with E-state index in [9.17, 15) is 18.4 Å². The molecule has 0 spiro atoms. The van der Waals surface area contributed by atoms with Gasteiger partial charge in [-0.1, -0.05) is 6.07 Å². The number of hydrogen-bond donors (Lipinski definition) is 3. The van der Waals surface area contributed by atoms with Gasteiger partial charge in [-0.25, -0.2) is 13.6 Å². The highest BCUT2D eigenvalue weighted by Crippen LogP contribution is 2.16. The second-order valence-electron chi connectivity index (χ2n) is 4.35. The molecule has 0 unspecified atom stereocenters. The maximum Gasteiger partial charge on any atom is 0.321 e. The van der Waals surface area contributed by atoms with E-state index in [1.807, 2.05) is 0 Å². The summed E-state index contributed by atoms with van der Waals surface area (Å²) in [6.45, 7) is 3.27. The van der Waals surface area contributed by atoms with Gasteiger partial charge in [0.05, 0.1) is 6.04 Å². The van der Waals surface area contributed by atoms with Crippen molar-refractivity contribution in [3.8, 4) is 0 Å². The molecule has 7 heteroatoms. The lowest BCUT2D eigenvalue weighted by atomic mass is 10.1. The summed E-state index contributed by atoms with van der Waals surface area (Å²) in [6.07, 6.45) is 0. The molecule has 2 atom stereocenters. The molecule has 0 radical (unpaired) electrons.